The monoisotopic (exact) mass is 481 g/mol. The summed E-state index contributed by atoms with van der Waals surface area (Å²) in [4.78, 5) is 27.2. The van der Waals surface area contributed by atoms with Crippen LogP contribution < -0.4 is 9.64 Å². The van der Waals surface area contributed by atoms with Crippen LogP contribution in [0.25, 0.3) is 5.76 Å². The Morgan fingerprint density at radius 2 is 1.77 bits per heavy atom. The second kappa shape index (κ2) is 8.35. The minimum atomic E-state index is -0.913. The average molecular weight is 482 g/mol. The number of carbonyl (C=O) groups is 2. The third-order valence-electron chi connectivity index (χ3n) is 5.07. The quantitative estimate of drug-likeness (QED) is 0.315. The number of anilines is 1. The number of Topliss-reactive ketones (excluding diaryl/α,β-unsaturated/α-hetero) is 1. The highest BCUT2D eigenvalue weighted by Gasteiger charge is 2.47. The molecule has 0 aromatic heterocycles. The first-order chi connectivity index (χ1) is 14.9. The van der Waals surface area contributed by atoms with Crippen molar-refractivity contribution in [2.24, 2.45) is 0 Å². The minimum absolute atomic E-state index is 0.0717. The summed E-state index contributed by atoms with van der Waals surface area (Å²) < 4.78 is 19.7. The van der Waals surface area contributed by atoms with Gasteiger partial charge in [-0.15, -0.1) is 0 Å². The predicted molar refractivity (Wildman–Crippen MR) is 118 cm³/mol. The van der Waals surface area contributed by atoms with Gasteiger partial charge in [0.25, 0.3) is 11.7 Å². The van der Waals surface area contributed by atoms with Gasteiger partial charge in [0.2, 0.25) is 0 Å². The number of hydrogen-bond donors (Lipinski definition) is 1. The van der Waals surface area contributed by atoms with Gasteiger partial charge in [-0.2, -0.15) is 0 Å². The molecule has 1 atom stereocenters. The van der Waals surface area contributed by atoms with Gasteiger partial charge in [0.15, 0.2) is 0 Å². The van der Waals surface area contributed by atoms with Crippen molar-refractivity contribution in [3.05, 3.63) is 99.8 Å². The summed E-state index contributed by atoms with van der Waals surface area (Å²) in [6.45, 7) is 0. The number of nitrogens with zero attached hydrogens (tertiary/aromatic N) is 1. The topological polar surface area (TPSA) is 66.8 Å². The van der Waals surface area contributed by atoms with E-state index >= 15 is 0 Å². The summed E-state index contributed by atoms with van der Waals surface area (Å²) in [5.41, 5.74) is 1.11. The smallest absolute Gasteiger partial charge is 0.300 e. The molecule has 3 aromatic rings. The van der Waals surface area contributed by atoms with E-state index in [9.17, 15) is 19.1 Å². The van der Waals surface area contributed by atoms with Crippen LogP contribution in [0.4, 0.5) is 10.1 Å². The van der Waals surface area contributed by atoms with E-state index in [4.69, 9.17) is 4.74 Å². The Hall–Kier alpha value is -3.45. The molecule has 156 valence electrons. The maximum absolute atomic E-state index is 13.9. The Morgan fingerprint density at radius 3 is 2.42 bits per heavy atom. The minimum Gasteiger partial charge on any atom is -0.507 e. The van der Waals surface area contributed by atoms with Crippen molar-refractivity contribution in [2.75, 3.05) is 12.0 Å². The number of amides is 1. The normalized spacial score (nSPS) is 17.8. The summed E-state index contributed by atoms with van der Waals surface area (Å²) in [6, 6.07) is 18.2. The summed E-state index contributed by atoms with van der Waals surface area (Å²) in [5, 5.41) is 11.1. The summed E-state index contributed by atoms with van der Waals surface area (Å²) >= 11 is 3.37. The number of ether oxygens (including phenoxy) is 1. The first kappa shape index (κ1) is 20.8. The molecule has 1 fully saturated rings. The zero-order valence-corrected chi connectivity index (χ0v) is 18.0. The van der Waals surface area contributed by atoms with Crippen LogP contribution in [0, 0.1) is 5.82 Å². The van der Waals surface area contributed by atoms with Crippen molar-refractivity contribution in [3.8, 4) is 5.75 Å². The van der Waals surface area contributed by atoms with Crippen LogP contribution in [0.15, 0.2) is 82.8 Å². The van der Waals surface area contributed by atoms with E-state index in [0.29, 0.717) is 21.3 Å². The number of methoxy groups -OCH3 is 1. The van der Waals surface area contributed by atoms with Gasteiger partial charge >= 0.3 is 0 Å². The molecule has 5 nitrogen and oxygen atoms in total. The van der Waals surface area contributed by atoms with Crippen molar-refractivity contribution in [3.63, 3.8) is 0 Å². The number of hydrogen-bond acceptors (Lipinski definition) is 4. The standard InChI is InChI=1S/C24H17BrFNO4/c1-31-19-11-10-15(12-18(19)25)22(28)20-21(14-6-3-2-4-7-14)27(24(30)23(20)29)17-9-5-8-16(26)13-17/h2-13,21,28H,1H3/b22-20+. The van der Waals surface area contributed by atoms with Gasteiger partial charge in [0.05, 0.1) is 23.2 Å². The third kappa shape index (κ3) is 3.72. The van der Waals surface area contributed by atoms with Crippen molar-refractivity contribution in [1.29, 1.82) is 0 Å². The molecule has 4 rings (SSSR count). The lowest BCUT2D eigenvalue weighted by Gasteiger charge is -2.25. The van der Waals surface area contributed by atoms with E-state index in [1.165, 1.54) is 30.2 Å². The maximum atomic E-state index is 13.9. The van der Waals surface area contributed by atoms with Gasteiger partial charge in [-0.05, 0) is 57.9 Å². The highest BCUT2D eigenvalue weighted by atomic mass is 79.9. The van der Waals surface area contributed by atoms with Crippen LogP contribution in [0.3, 0.4) is 0 Å². The van der Waals surface area contributed by atoms with Crippen molar-refractivity contribution in [2.45, 2.75) is 6.04 Å². The Morgan fingerprint density at radius 1 is 1.03 bits per heavy atom. The molecule has 1 amide bonds. The first-order valence-electron chi connectivity index (χ1n) is 9.38. The molecule has 7 heteroatoms. The number of aliphatic hydroxyl groups excluding tert-OH is 1. The van der Waals surface area contributed by atoms with Gasteiger partial charge in [-0.1, -0.05) is 36.4 Å². The van der Waals surface area contributed by atoms with Gasteiger partial charge < -0.3 is 9.84 Å². The molecule has 0 bridgehead atoms. The highest BCUT2D eigenvalue weighted by molar-refractivity contribution is 9.10. The number of benzene rings is 3. The van der Waals surface area contributed by atoms with E-state index in [-0.39, 0.29) is 17.0 Å². The molecule has 1 aliphatic heterocycles. The van der Waals surface area contributed by atoms with Crippen LogP contribution in [-0.4, -0.2) is 23.9 Å². The van der Waals surface area contributed by atoms with E-state index in [1.54, 1.807) is 54.6 Å². The van der Waals surface area contributed by atoms with Crippen LogP contribution in [0.2, 0.25) is 0 Å². The fourth-order valence-corrected chi connectivity index (χ4v) is 4.19. The molecule has 1 N–H and O–H groups in total. The second-order valence-corrected chi connectivity index (χ2v) is 7.76. The molecular weight excluding hydrogens is 465 g/mol. The van der Waals surface area contributed by atoms with Gasteiger partial charge in [0, 0.05) is 11.3 Å². The molecule has 31 heavy (non-hydrogen) atoms. The summed E-state index contributed by atoms with van der Waals surface area (Å²) in [7, 11) is 1.51. The van der Waals surface area contributed by atoms with Crippen molar-refractivity contribution in [1.82, 2.24) is 0 Å². The Balaban J connectivity index is 1.93. The predicted octanol–water partition coefficient (Wildman–Crippen LogP) is 5.22. The SMILES string of the molecule is COc1ccc(/C(O)=C2\C(=O)C(=O)N(c3cccc(F)c3)C2c2ccccc2)cc1Br. The van der Waals surface area contributed by atoms with Crippen molar-refractivity contribution >= 4 is 39.1 Å². The summed E-state index contributed by atoms with van der Waals surface area (Å²) in [5.74, 6) is -1.99. The number of carbonyl (C=O) groups excluding carboxylic acids is 2. The van der Waals surface area contributed by atoms with E-state index in [0.717, 1.165) is 0 Å². The van der Waals surface area contributed by atoms with E-state index in [2.05, 4.69) is 15.9 Å². The molecule has 1 saturated heterocycles. The second-order valence-electron chi connectivity index (χ2n) is 6.91. The molecular formula is C24H17BrFNO4. The van der Waals surface area contributed by atoms with Gasteiger partial charge in [-0.3, -0.25) is 14.5 Å². The lowest BCUT2D eigenvalue weighted by atomic mass is 9.95. The molecule has 0 aliphatic carbocycles. The van der Waals surface area contributed by atoms with E-state index in [1.807, 2.05) is 0 Å². The van der Waals surface area contributed by atoms with Crippen molar-refractivity contribution < 1.29 is 23.8 Å². The van der Waals surface area contributed by atoms with Crippen LogP contribution >= 0.6 is 15.9 Å². The van der Waals surface area contributed by atoms with Crippen LogP contribution in [0.5, 0.6) is 5.75 Å². The Bertz CT molecular complexity index is 1210. The Kier molecular flexibility index (Phi) is 5.61. The molecule has 3 aromatic carbocycles. The Labute approximate surface area is 186 Å². The molecule has 0 spiro atoms. The maximum Gasteiger partial charge on any atom is 0.300 e. The molecule has 1 unspecified atom stereocenters. The number of aliphatic hydroxyl groups is 1. The third-order valence-corrected chi connectivity index (χ3v) is 5.69. The zero-order chi connectivity index (χ0) is 22.1. The number of halogens is 2. The van der Waals surface area contributed by atoms with Gasteiger partial charge in [-0.25, -0.2) is 4.39 Å². The lowest BCUT2D eigenvalue weighted by molar-refractivity contribution is -0.132. The fraction of sp³-hybridized carbons (Fsp3) is 0.0833. The number of rotatable bonds is 4. The molecule has 1 aliphatic rings. The van der Waals surface area contributed by atoms with E-state index < -0.39 is 23.5 Å². The fourth-order valence-electron chi connectivity index (χ4n) is 3.64. The molecule has 0 radical (unpaired) electrons. The van der Waals surface area contributed by atoms with Gasteiger partial charge in [0.1, 0.15) is 17.3 Å². The molecule has 1 heterocycles. The van der Waals surface area contributed by atoms with Crippen LogP contribution in [-0.2, 0) is 9.59 Å². The van der Waals surface area contributed by atoms with Crippen LogP contribution in [0.1, 0.15) is 17.2 Å². The molecule has 0 saturated carbocycles. The highest BCUT2D eigenvalue weighted by Crippen LogP contribution is 2.42. The summed E-state index contributed by atoms with van der Waals surface area (Å²) in [6.07, 6.45) is 0. The first-order valence-corrected chi connectivity index (χ1v) is 10.2. The zero-order valence-electron chi connectivity index (χ0n) is 16.4. The lowest BCUT2D eigenvalue weighted by Crippen LogP contribution is -2.29. The largest absolute Gasteiger partial charge is 0.507 e. The number of ketones is 1. The average Bonchev–Trinajstić information content (AvgIpc) is 3.04.